The lowest BCUT2D eigenvalue weighted by molar-refractivity contribution is -0.134. The molecule has 0 amide bonds. The lowest BCUT2D eigenvalue weighted by Crippen LogP contribution is -2.34. The van der Waals surface area contributed by atoms with Gasteiger partial charge in [0.15, 0.2) is 4.20 Å². The number of hydrazone groups is 1. The molecule has 1 atom stereocenters. The van der Waals surface area contributed by atoms with Crippen LogP contribution < -0.4 is 5.01 Å². The first-order chi connectivity index (χ1) is 18.5. The minimum atomic E-state index is -0.736. The van der Waals surface area contributed by atoms with Crippen molar-refractivity contribution in [2.45, 2.75) is 15.9 Å². The summed E-state index contributed by atoms with van der Waals surface area (Å²) in [5, 5.41) is 7.24. The van der Waals surface area contributed by atoms with E-state index in [0.29, 0.717) is 11.7 Å². The van der Waals surface area contributed by atoms with Gasteiger partial charge in [0.2, 0.25) is 5.04 Å². The first-order valence-corrected chi connectivity index (χ1v) is 15.3. The van der Waals surface area contributed by atoms with Crippen LogP contribution in [0.15, 0.2) is 117 Å². The molecule has 4 aromatic carbocycles. The number of thioether (sulfide) groups is 2. The molecule has 38 heavy (non-hydrogen) atoms. The second-order valence-electron chi connectivity index (χ2n) is 8.80. The second-order valence-corrected chi connectivity index (χ2v) is 13.5. The predicted octanol–water partition coefficient (Wildman–Crippen LogP) is 8.49. The van der Waals surface area contributed by atoms with Gasteiger partial charge in [-0.2, -0.15) is 5.10 Å². The van der Waals surface area contributed by atoms with Crippen LogP contribution in [0.1, 0.15) is 29.2 Å². The number of benzene rings is 4. The van der Waals surface area contributed by atoms with Crippen LogP contribution in [0.2, 0.25) is 0 Å². The van der Waals surface area contributed by atoms with E-state index in [0.717, 1.165) is 31.3 Å². The van der Waals surface area contributed by atoms with Crippen molar-refractivity contribution >= 4 is 72.1 Å². The summed E-state index contributed by atoms with van der Waals surface area (Å²) in [5.41, 5.74) is 5.48. The molecule has 190 valence electrons. The third-order valence-electron chi connectivity index (χ3n) is 6.60. The van der Waals surface area contributed by atoms with Crippen LogP contribution in [0.4, 0.5) is 5.69 Å². The number of esters is 1. The average Bonchev–Trinajstić information content (AvgIpc) is 3.47. The Labute approximate surface area is 247 Å². The number of ether oxygens (including phenoxy) is 1. The fraction of sp³-hybridized carbons (Fsp3) is 0.133. The monoisotopic (exact) mass is 664 g/mol. The summed E-state index contributed by atoms with van der Waals surface area (Å²) in [6.45, 7) is 2.11. The van der Waals surface area contributed by atoms with Crippen molar-refractivity contribution in [3.8, 4) is 0 Å². The van der Waals surface area contributed by atoms with Gasteiger partial charge in [-0.25, -0.2) is 9.80 Å². The Hall–Kier alpha value is -2.52. The second kappa shape index (κ2) is 10.2. The largest absolute Gasteiger partial charge is 0.461 e. The van der Waals surface area contributed by atoms with Gasteiger partial charge in [0, 0.05) is 14.5 Å². The van der Waals surface area contributed by atoms with Crippen LogP contribution in [-0.4, -0.2) is 17.6 Å². The van der Waals surface area contributed by atoms with Gasteiger partial charge in [-0.15, -0.1) is 0 Å². The summed E-state index contributed by atoms with van der Waals surface area (Å²) in [5.74, 6) is -0.404. The highest BCUT2D eigenvalue weighted by Crippen LogP contribution is 2.70. The van der Waals surface area contributed by atoms with E-state index in [4.69, 9.17) is 9.84 Å². The molecule has 4 nitrogen and oxygen atoms in total. The maximum atomic E-state index is 13.0. The van der Waals surface area contributed by atoms with E-state index < -0.39 is 14.9 Å². The van der Waals surface area contributed by atoms with Crippen LogP contribution in [0, 0.1) is 0 Å². The van der Waals surface area contributed by atoms with Gasteiger partial charge in [-0.05, 0) is 60.0 Å². The first kappa shape index (κ1) is 25.7. The number of carbonyl (C=O) groups excluding carboxylic acids is 1. The predicted molar refractivity (Wildman–Crippen MR) is 164 cm³/mol. The molecular weight excluding hydrogens is 644 g/mol. The highest BCUT2D eigenvalue weighted by atomic mass is 79.9. The molecule has 1 spiro atoms. The van der Waals surface area contributed by atoms with E-state index in [1.54, 1.807) is 11.8 Å². The van der Waals surface area contributed by atoms with Crippen molar-refractivity contribution in [1.82, 2.24) is 0 Å². The van der Waals surface area contributed by atoms with Crippen LogP contribution in [0.5, 0.6) is 0 Å². The van der Waals surface area contributed by atoms with Crippen molar-refractivity contribution < 1.29 is 9.53 Å². The van der Waals surface area contributed by atoms with Crippen molar-refractivity contribution in [1.29, 1.82) is 0 Å². The Kier molecular flexibility index (Phi) is 6.93. The molecule has 0 bridgehead atoms. The van der Waals surface area contributed by atoms with Crippen LogP contribution in [-0.2, 0) is 18.5 Å². The number of fused-ring (bicyclic) bond motifs is 2. The third kappa shape index (κ3) is 4.13. The summed E-state index contributed by atoms with van der Waals surface area (Å²) >= 11 is 10.5. The number of hydrogen-bond donors (Lipinski definition) is 0. The minimum Gasteiger partial charge on any atom is -0.461 e. The topological polar surface area (TPSA) is 41.9 Å². The standard InChI is InChI=1S/C30H22Br2N2O2S2/c1-2-36-28(35)27-33-34(24-8-4-3-5-9-24)30(37-27)26-11-7-6-10-25(26)29(38-30,20-12-16-22(31)17-13-20)21-14-18-23(32)19-15-21/h3-19H,2H2,1H3/t30-/m1/s1. The molecule has 2 heterocycles. The van der Waals surface area contributed by atoms with E-state index in [2.05, 4.69) is 105 Å². The molecule has 6 rings (SSSR count). The first-order valence-electron chi connectivity index (χ1n) is 12.1. The Bertz CT molecular complexity index is 1480. The lowest BCUT2D eigenvalue weighted by Gasteiger charge is -2.37. The fourth-order valence-corrected chi connectivity index (χ4v) is 9.09. The van der Waals surface area contributed by atoms with Gasteiger partial charge >= 0.3 is 5.97 Å². The zero-order valence-electron chi connectivity index (χ0n) is 20.3. The molecule has 0 aromatic heterocycles. The molecule has 4 aromatic rings. The van der Waals surface area contributed by atoms with Crippen molar-refractivity contribution in [3.05, 3.63) is 134 Å². The molecule has 0 radical (unpaired) electrons. The number of hydrogen-bond acceptors (Lipinski definition) is 6. The number of anilines is 1. The average molecular weight is 666 g/mol. The Morgan fingerprint density at radius 3 is 1.95 bits per heavy atom. The van der Waals surface area contributed by atoms with Crippen molar-refractivity contribution in [3.63, 3.8) is 0 Å². The highest BCUT2D eigenvalue weighted by molar-refractivity contribution is 9.10. The Morgan fingerprint density at radius 1 is 0.816 bits per heavy atom. The Morgan fingerprint density at radius 2 is 1.37 bits per heavy atom. The van der Waals surface area contributed by atoms with Crippen LogP contribution in [0.25, 0.3) is 0 Å². The van der Waals surface area contributed by atoms with Gasteiger partial charge in [0.1, 0.15) is 0 Å². The lowest BCUT2D eigenvalue weighted by atomic mass is 9.82. The van der Waals surface area contributed by atoms with Crippen LogP contribution in [0.3, 0.4) is 0 Å². The summed E-state index contributed by atoms with van der Waals surface area (Å²) in [6.07, 6.45) is 0. The van der Waals surface area contributed by atoms with E-state index in [1.807, 2.05) is 42.3 Å². The summed E-state index contributed by atoms with van der Waals surface area (Å²) in [7, 11) is 0. The summed E-state index contributed by atoms with van der Waals surface area (Å²) < 4.78 is 6.16. The van der Waals surface area contributed by atoms with Gasteiger partial charge in [-0.3, -0.25) is 0 Å². The van der Waals surface area contributed by atoms with Gasteiger partial charge in [-0.1, -0.05) is 122 Å². The maximum absolute atomic E-state index is 13.0. The number of carbonyl (C=O) groups is 1. The van der Waals surface area contributed by atoms with E-state index in [9.17, 15) is 4.79 Å². The molecule has 0 unspecified atom stereocenters. The summed E-state index contributed by atoms with van der Waals surface area (Å²) in [4.78, 5) is 13.0. The minimum absolute atomic E-state index is 0.294. The normalized spacial score (nSPS) is 19.3. The van der Waals surface area contributed by atoms with E-state index in [1.165, 1.54) is 17.3 Å². The number of para-hydroxylation sites is 1. The van der Waals surface area contributed by atoms with Gasteiger partial charge in [0.05, 0.1) is 17.0 Å². The van der Waals surface area contributed by atoms with Gasteiger partial charge < -0.3 is 4.74 Å². The number of nitrogens with zero attached hydrogens (tertiary/aromatic N) is 2. The molecule has 0 saturated heterocycles. The highest BCUT2D eigenvalue weighted by Gasteiger charge is 2.61. The smallest absolute Gasteiger partial charge is 0.365 e. The molecule has 8 heteroatoms. The van der Waals surface area contributed by atoms with E-state index in [-0.39, 0.29) is 0 Å². The molecule has 0 fully saturated rings. The van der Waals surface area contributed by atoms with Crippen LogP contribution >= 0.6 is 55.4 Å². The quantitative estimate of drug-likeness (QED) is 0.200. The fourth-order valence-electron chi connectivity index (χ4n) is 5.00. The molecule has 2 aliphatic rings. The molecule has 0 N–H and O–H groups in total. The summed E-state index contributed by atoms with van der Waals surface area (Å²) in [6, 6.07) is 35.6. The zero-order chi connectivity index (χ0) is 26.3. The van der Waals surface area contributed by atoms with Crippen molar-refractivity contribution in [2.75, 3.05) is 11.6 Å². The number of halogens is 2. The molecule has 0 saturated carbocycles. The molecular formula is C30H22Br2N2O2S2. The van der Waals surface area contributed by atoms with E-state index >= 15 is 0 Å². The third-order valence-corrected chi connectivity index (χ3v) is 10.9. The SMILES string of the molecule is CCOC(=O)C1=NN(c2ccccc2)[C@]2(S1)SC(c1ccc(Br)cc1)(c1ccc(Br)cc1)c1ccccc12. The number of rotatable bonds is 5. The van der Waals surface area contributed by atoms with Gasteiger partial charge in [0.25, 0.3) is 0 Å². The maximum Gasteiger partial charge on any atom is 0.365 e. The molecule has 0 aliphatic carbocycles. The Balaban J connectivity index is 1.62. The molecule has 2 aliphatic heterocycles. The van der Waals surface area contributed by atoms with Crippen molar-refractivity contribution in [2.24, 2.45) is 5.10 Å². The zero-order valence-corrected chi connectivity index (χ0v) is 25.1.